The molecule has 6 nitrogen and oxygen atoms in total. The number of amides is 1. The van der Waals surface area contributed by atoms with Crippen molar-refractivity contribution in [3.05, 3.63) is 22.7 Å². The average molecular weight is 306 g/mol. The molecule has 0 aromatic heterocycles. The van der Waals surface area contributed by atoms with Crippen LogP contribution in [-0.2, 0) is 14.8 Å². The minimum absolute atomic E-state index is 0.00780. The van der Waals surface area contributed by atoms with Gasteiger partial charge in [0.25, 0.3) is 0 Å². The van der Waals surface area contributed by atoms with E-state index in [0.717, 1.165) is 0 Å². The van der Waals surface area contributed by atoms with Gasteiger partial charge in [0.1, 0.15) is 0 Å². The third kappa shape index (κ3) is 4.09. The van der Waals surface area contributed by atoms with Gasteiger partial charge in [0.05, 0.1) is 4.90 Å². The molecule has 1 rings (SSSR count). The highest BCUT2D eigenvalue weighted by molar-refractivity contribution is 7.89. The first-order valence-corrected chi connectivity index (χ1v) is 7.40. The van der Waals surface area contributed by atoms with Crippen LogP contribution in [0.2, 0.25) is 5.02 Å². The maximum atomic E-state index is 12.1. The number of carbonyl (C=O) groups is 1. The van der Waals surface area contributed by atoms with E-state index in [4.69, 9.17) is 17.3 Å². The molecule has 0 bridgehead atoms. The van der Waals surface area contributed by atoms with E-state index in [1.54, 1.807) is 6.92 Å². The van der Waals surface area contributed by atoms with E-state index in [1.165, 1.54) is 19.2 Å². The van der Waals surface area contributed by atoms with Gasteiger partial charge in [-0.2, -0.15) is 0 Å². The summed E-state index contributed by atoms with van der Waals surface area (Å²) >= 11 is 5.80. The highest BCUT2D eigenvalue weighted by Crippen LogP contribution is 2.25. The predicted molar refractivity (Wildman–Crippen MR) is 74.5 cm³/mol. The Morgan fingerprint density at radius 2 is 2.05 bits per heavy atom. The fourth-order valence-electron chi connectivity index (χ4n) is 1.46. The van der Waals surface area contributed by atoms with Crippen LogP contribution < -0.4 is 15.8 Å². The molecular formula is C11H16ClN3O3S. The van der Waals surface area contributed by atoms with Crippen LogP contribution in [0.5, 0.6) is 0 Å². The van der Waals surface area contributed by atoms with Gasteiger partial charge >= 0.3 is 0 Å². The van der Waals surface area contributed by atoms with Crippen molar-refractivity contribution in [2.45, 2.75) is 18.2 Å². The molecule has 0 fully saturated rings. The van der Waals surface area contributed by atoms with Crippen LogP contribution in [0.1, 0.15) is 12.0 Å². The number of carbonyl (C=O) groups excluding carboxylic acids is 1. The topological polar surface area (TPSA) is 101 Å². The van der Waals surface area contributed by atoms with E-state index in [1.807, 2.05) is 0 Å². The molecule has 0 unspecified atom stereocenters. The predicted octanol–water partition coefficient (Wildman–Crippen LogP) is 0.645. The molecule has 1 aromatic carbocycles. The van der Waals surface area contributed by atoms with E-state index in [2.05, 4.69) is 10.0 Å². The van der Waals surface area contributed by atoms with E-state index in [-0.39, 0.29) is 28.8 Å². The number of hydrogen-bond donors (Lipinski definition) is 3. The van der Waals surface area contributed by atoms with E-state index < -0.39 is 10.0 Å². The fourth-order valence-corrected chi connectivity index (χ4v) is 3.08. The SMILES string of the molecule is CNC(=O)CCNS(=O)(=O)c1cc(Cl)cc(N)c1C. The van der Waals surface area contributed by atoms with Crippen LogP contribution in [0.3, 0.4) is 0 Å². The molecule has 0 aliphatic rings. The second-order valence-electron chi connectivity index (χ2n) is 3.94. The number of sulfonamides is 1. The summed E-state index contributed by atoms with van der Waals surface area (Å²) in [5.41, 5.74) is 6.41. The lowest BCUT2D eigenvalue weighted by Gasteiger charge is -2.11. The summed E-state index contributed by atoms with van der Waals surface area (Å²) < 4.78 is 26.5. The zero-order chi connectivity index (χ0) is 14.6. The molecule has 0 spiro atoms. The summed E-state index contributed by atoms with van der Waals surface area (Å²) in [5.74, 6) is -0.245. The Morgan fingerprint density at radius 1 is 1.42 bits per heavy atom. The third-order valence-corrected chi connectivity index (χ3v) is 4.38. The minimum atomic E-state index is -3.73. The van der Waals surface area contributed by atoms with Gasteiger partial charge in [0.15, 0.2) is 0 Å². The monoisotopic (exact) mass is 305 g/mol. The molecule has 0 aliphatic heterocycles. The quantitative estimate of drug-likeness (QED) is 0.695. The van der Waals surface area contributed by atoms with Crippen molar-refractivity contribution in [1.29, 1.82) is 0 Å². The minimum Gasteiger partial charge on any atom is -0.398 e. The zero-order valence-corrected chi connectivity index (χ0v) is 12.2. The van der Waals surface area contributed by atoms with Crippen molar-refractivity contribution < 1.29 is 13.2 Å². The van der Waals surface area contributed by atoms with Crippen LogP contribution >= 0.6 is 11.6 Å². The van der Waals surface area contributed by atoms with Crippen molar-refractivity contribution in [3.8, 4) is 0 Å². The molecule has 0 saturated carbocycles. The van der Waals surface area contributed by atoms with Crippen molar-refractivity contribution in [2.24, 2.45) is 0 Å². The largest absolute Gasteiger partial charge is 0.398 e. The molecule has 0 radical (unpaired) electrons. The number of nitrogens with one attached hydrogen (secondary N) is 2. The van der Waals surface area contributed by atoms with E-state index >= 15 is 0 Å². The molecule has 0 atom stereocenters. The van der Waals surface area contributed by atoms with Crippen LogP contribution in [0.15, 0.2) is 17.0 Å². The molecule has 106 valence electrons. The highest BCUT2D eigenvalue weighted by atomic mass is 35.5. The summed E-state index contributed by atoms with van der Waals surface area (Å²) in [6.07, 6.45) is 0.0603. The standard InChI is InChI=1S/C11H16ClN3O3S/c1-7-9(13)5-8(12)6-10(7)19(17,18)15-4-3-11(16)14-2/h5-6,15H,3-4,13H2,1-2H3,(H,14,16). The van der Waals surface area contributed by atoms with E-state index in [9.17, 15) is 13.2 Å². The first-order valence-electron chi connectivity index (χ1n) is 5.54. The smallest absolute Gasteiger partial charge is 0.240 e. The fraction of sp³-hybridized carbons (Fsp3) is 0.364. The second-order valence-corrected chi connectivity index (χ2v) is 6.11. The van der Waals surface area contributed by atoms with Crippen molar-refractivity contribution >= 4 is 33.2 Å². The Labute approximate surface area is 117 Å². The molecule has 1 amide bonds. The van der Waals surface area contributed by atoms with Crippen molar-refractivity contribution in [1.82, 2.24) is 10.0 Å². The van der Waals surface area contributed by atoms with Gasteiger partial charge in [-0.3, -0.25) is 4.79 Å². The first kappa shape index (κ1) is 15.7. The molecule has 0 heterocycles. The lowest BCUT2D eigenvalue weighted by molar-refractivity contribution is -0.120. The van der Waals surface area contributed by atoms with Crippen LogP contribution in [0.25, 0.3) is 0 Å². The van der Waals surface area contributed by atoms with Crippen molar-refractivity contribution in [2.75, 3.05) is 19.3 Å². The van der Waals surface area contributed by atoms with Crippen LogP contribution in [0.4, 0.5) is 5.69 Å². The first-order chi connectivity index (χ1) is 8.77. The Kier molecular flexibility index (Phi) is 5.16. The Morgan fingerprint density at radius 3 is 2.63 bits per heavy atom. The van der Waals surface area contributed by atoms with Gasteiger partial charge < -0.3 is 11.1 Å². The molecule has 1 aromatic rings. The number of halogens is 1. The van der Waals surface area contributed by atoms with Gasteiger partial charge in [0.2, 0.25) is 15.9 Å². The molecule has 19 heavy (non-hydrogen) atoms. The third-order valence-electron chi connectivity index (χ3n) is 2.58. The van der Waals surface area contributed by atoms with Crippen LogP contribution in [0, 0.1) is 6.92 Å². The maximum Gasteiger partial charge on any atom is 0.240 e. The Bertz CT molecular complexity index is 587. The highest BCUT2D eigenvalue weighted by Gasteiger charge is 2.19. The van der Waals surface area contributed by atoms with Crippen molar-refractivity contribution in [3.63, 3.8) is 0 Å². The zero-order valence-electron chi connectivity index (χ0n) is 10.7. The summed E-state index contributed by atoms with van der Waals surface area (Å²) in [4.78, 5) is 11.0. The number of hydrogen-bond acceptors (Lipinski definition) is 4. The summed E-state index contributed by atoms with van der Waals surface area (Å²) in [7, 11) is -2.25. The number of nitrogens with two attached hydrogens (primary N) is 1. The summed E-state index contributed by atoms with van der Waals surface area (Å²) in [6.45, 7) is 1.60. The molecule has 8 heteroatoms. The Hall–Kier alpha value is -1.31. The second kappa shape index (κ2) is 6.23. The lowest BCUT2D eigenvalue weighted by Crippen LogP contribution is -2.29. The molecule has 0 aliphatic carbocycles. The molecule has 4 N–H and O–H groups in total. The Balaban J connectivity index is 2.92. The summed E-state index contributed by atoms with van der Waals surface area (Å²) in [6, 6.07) is 2.82. The van der Waals surface area contributed by atoms with Gasteiger partial charge in [-0.25, -0.2) is 13.1 Å². The van der Waals surface area contributed by atoms with E-state index in [0.29, 0.717) is 11.3 Å². The lowest BCUT2D eigenvalue weighted by atomic mass is 10.2. The number of rotatable bonds is 5. The van der Waals surface area contributed by atoms with Gasteiger partial charge in [0, 0.05) is 30.7 Å². The summed E-state index contributed by atoms with van der Waals surface area (Å²) in [5, 5.41) is 2.65. The van der Waals surface area contributed by atoms with Crippen LogP contribution in [-0.4, -0.2) is 27.9 Å². The molecule has 0 saturated heterocycles. The molecular weight excluding hydrogens is 290 g/mol. The number of nitrogen functional groups attached to an aromatic ring is 1. The maximum absolute atomic E-state index is 12.1. The van der Waals surface area contributed by atoms with Gasteiger partial charge in [-0.05, 0) is 24.6 Å². The van der Waals surface area contributed by atoms with Gasteiger partial charge in [-0.1, -0.05) is 11.6 Å². The number of anilines is 1. The average Bonchev–Trinajstić information content (AvgIpc) is 2.33. The van der Waals surface area contributed by atoms with Gasteiger partial charge in [-0.15, -0.1) is 0 Å². The normalized spacial score (nSPS) is 11.3. The number of benzene rings is 1.